The number of piperazine rings is 1. The van der Waals surface area contributed by atoms with Gasteiger partial charge in [0.05, 0.1) is 34.9 Å². The molecule has 1 saturated heterocycles. The third kappa shape index (κ3) is 2.72. The van der Waals surface area contributed by atoms with Crippen LogP contribution in [0.4, 0.5) is 0 Å². The normalized spacial score (nSPS) is 16.4. The Kier molecular flexibility index (Phi) is 3.57. The van der Waals surface area contributed by atoms with Gasteiger partial charge in [-0.15, -0.1) is 5.10 Å². The number of aromatic amines is 1. The Morgan fingerprint density at radius 3 is 3.00 bits per heavy atom. The number of rotatable bonds is 4. The predicted octanol–water partition coefficient (Wildman–Crippen LogP) is 0.591. The van der Waals surface area contributed by atoms with Gasteiger partial charge in [0.25, 0.3) is 0 Å². The summed E-state index contributed by atoms with van der Waals surface area (Å²) >= 11 is 0. The summed E-state index contributed by atoms with van der Waals surface area (Å²) in [7, 11) is 0. The molecule has 0 spiro atoms. The number of fused-ring (bicyclic) bond motifs is 1. The lowest BCUT2D eigenvalue weighted by Crippen LogP contribution is -2.44. The van der Waals surface area contributed by atoms with Gasteiger partial charge in [0.2, 0.25) is 0 Å². The van der Waals surface area contributed by atoms with Crippen LogP contribution in [-0.4, -0.2) is 62.6 Å². The fourth-order valence-corrected chi connectivity index (χ4v) is 2.81. The molecule has 3 heterocycles. The van der Waals surface area contributed by atoms with Crippen LogP contribution < -0.4 is 5.32 Å². The quantitative estimate of drug-likeness (QED) is 0.737. The summed E-state index contributed by atoms with van der Waals surface area (Å²) in [6.45, 7) is 5.43. The van der Waals surface area contributed by atoms with E-state index in [4.69, 9.17) is 0 Å². The van der Waals surface area contributed by atoms with Crippen molar-refractivity contribution in [2.24, 2.45) is 0 Å². The molecule has 7 nitrogen and oxygen atoms in total. The van der Waals surface area contributed by atoms with E-state index in [1.54, 1.807) is 6.33 Å². The first-order valence-corrected chi connectivity index (χ1v) is 7.66. The van der Waals surface area contributed by atoms with Crippen LogP contribution in [0, 0.1) is 0 Å². The third-order valence-corrected chi connectivity index (χ3v) is 4.10. The van der Waals surface area contributed by atoms with E-state index in [9.17, 15) is 0 Å². The Morgan fingerprint density at radius 2 is 2.09 bits per heavy atom. The average Bonchev–Trinajstić information content (AvgIpc) is 3.22. The molecule has 1 aliphatic rings. The second kappa shape index (κ2) is 5.86. The zero-order valence-corrected chi connectivity index (χ0v) is 12.4. The number of benzene rings is 1. The lowest BCUT2D eigenvalue weighted by atomic mass is 10.2. The summed E-state index contributed by atoms with van der Waals surface area (Å²) in [5.41, 5.74) is 4.00. The van der Waals surface area contributed by atoms with Crippen molar-refractivity contribution in [1.29, 1.82) is 0 Å². The highest BCUT2D eigenvalue weighted by molar-refractivity contribution is 5.76. The van der Waals surface area contributed by atoms with E-state index in [1.165, 1.54) is 0 Å². The number of aromatic nitrogens is 5. The molecule has 4 rings (SSSR count). The van der Waals surface area contributed by atoms with Gasteiger partial charge < -0.3 is 15.2 Å². The molecule has 1 aliphatic heterocycles. The highest BCUT2D eigenvalue weighted by Gasteiger charge is 2.11. The molecule has 0 radical (unpaired) electrons. The van der Waals surface area contributed by atoms with E-state index in [-0.39, 0.29) is 0 Å². The number of hydrogen-bond donors (Lipinski definition) is 2. The molecular formula is C15H19N7. The summed E-state index contributed by atoms with van der Waals surface area (Å²) < 4.78 is 1.83. The van der Waals surface area contributed by atoms with Crippen molar-refractivity contribution in [2.75, 3.05) is 32.7 Å². The Bertz CT molecular complexity index is 754. The van der Waals surface area contributed by atoms with Crippen molar-refractivity contribution in [3.8, 4) is 5.69 Å². The molecule has 1 aromatic carbocycles. The second-order valence-corrected chi connectivity index (χ2v) is 5.60. The van der Waals surface area contributed by atoms with Gasteiger partial charge in [-0.25, -0.2) is 9.67 Å². The van der Waals surface area contributed by atoms with Crippen LogP contribution in [0.25, 0.3) is 16.7 Å². The molecule has 114 valence electrons. The standard InChI is InChI=1S/C15H19N7/c1-2-14-15(18-11-17-14)9-13(1)22-10-12(19-20-22)3-6-21-7-4-16-5-8-21/h1-2,9-11,16H,3-8H2,(H,17,18). The van der Waals surface area contributed by atoms with E-state index < -0.39 is 0 Å². The molecule has 0 bridgehead atoms. The van der Waals surface area contributed by atoms with Crippen molar-refractivity contribution in [3.05, 3.63) is 36.4 Å². The summed E-state index contributed by atoms with van der Waals surface area (Å²) in [4.78, 5) is 9.81. The Labute approximate surface area is 128 Å². The molecule has 1 fully saturated rings. The van der Waals surface area contributed by atoms with Crippen LogP contribution in [0.5, 0.6) is 0 Å². The minimum atomic E-state index is 0.937. The van der Waals surface area contributed by atoms with Crippen LogP contribution in [0.15, 0.2) is 30.7 Å². The van der Waals surface area contributed by atoms with Crippen molar-refractivity contribution in [3.63, 3.8) is 0 Å². The van der Waals surface area contributed by atoms with Gasteiger partial charge in [-0.05, 0) is 18.2 Å². The largest absolute Gasteiger partial charge is 0.345 e. The smallest absolute Gasteiger partial charge is 0.0931 e. The summed E-state index contributed by atoms with van der Waals surface area (Å²) in [5.74, 6) is 0. The van der Waals surface area contributed by atoms with Gasteiger partial charge in [-0.1, -0.05) is 5.21 Å². The lowest BCUT2D eigenvalue weighted by molar-refractivity contribution is 0.243. The maximum Gasteiger partial charge on any atom is 0.0931 e. The Hall–Kier alpha value is -2.25. The van der Waals surface area contributed by atoms with Gasteiger partial charge in [-0.3, -0.25) is 0 Å². The zero-order valence-electron chi connectivity index (χ0n) is 12.4. The Morgan fingerprint density at radius 1 is 1.18 bits per heavy atom. The van der Waals surface area contributed by atoms with E-state index in [0.29, 0.717) is 0 Å². The molecule has 7 heteroatoms. The number of nitrogens with one attached hydrogen (secondary N) is 2. The van der Waals surface area contributed by atoms with Crippen molar-refractivity contribution in [1.82, 2.24) is 35.2 Å². The van der Waals surface area contributed by atoms with Crippen LogP contribution in [0.1, 0.15) is 5.69 Å². The summed E-state index contributed by atoms with van der Waals surface area (Å²) in [6, 6.07) is 6.04. The SMILES string of the molecule is c1nc2ccc(-n3cc(CCN4CCNCC4)nn3)cc2[nH]1. The Balaban J connectivity index is 1.46. The van der Waals surface area contributed by atoms with Crippen LogP contribution >= 0.6 is 0 Å². The highest BCUT2D eigenvalue weighted by Crippen LogP contribution is 2.14. The molecule has 22 heavy (non-hydrogen) atoms. The highest BCUT2D eigenvalue weighted by atomic mass is 15.4. The molecule has 0 atom stereocenters. The van der Waals surface area contributed by atoms with Gasteiger partial charge in [0.1, 0.15) is 0 Å². The molecule has 3 aromatic rings. The van der Waals surface area contributed by atoms with Crippen LogP contribution in [0.2, 0.25) is 0 Å². The first-order chi connectivity index (χ1) is 10.9. The first-order valence-electron chi connectivity index (χ1n) is 7.66. The number of hydrogen-bond acceptors (Lipinski definition) is 5. The van der Waals surface area contributed by atoms with Crippen molar-refractivity contribution in [2.45, 2.75) is 6.42 Å². The topological polar surface area (TPSA) is 74.7 Å². The van der Waals surface area contributed by atoms with E-state index >= 15 is 0 Å². The fourth-order valence-electron chi connectivity index (χ4n) is 2.81. The minimum absolute atomic E-state index is 0.937. The van der Waals surface area contributed by atoms with Gasteiger partial charge in [-0.2, -0.15) is 0 Å². The summed E-state index contributed by atoms with van der Waals surface area (Å²) in [6.07, 6.45) is 4.65. The van der Waals surface area contributed by atoms with Gasteiger partial charge in [0, 0.05) is 39.1 Å². The van der Waals surface area contributed by atoms with Crippen LogP contribution in [-0.2, 0) is 6.42 Å². The second-order valence-electron chi connectivity index (χ2n) is 5.60. The maximum absolute atomic E-state index is 4.29. The molecular weight excluding hydrogens is 278 g/mol. The summed E-state index contributed by atoms with van der Waals surface area (Å²) in [5, 5.41) is 11.9. The van der Waals surface area contributed by atoms with Crippen LogP contribution in [0.3, 0.4) is 0 Å². The number of H-pyrrole nitrogens is 1. The van der Waals surface area contributed by atoms with E-state index in [0.717, 1.165) is 61.6 Å². The fraction of sp³-hybridized carbons (Fsp3) is 0.400. The molecule has 0 unspecified atom stereocenters. The maximum atomic E-state index is 4.29. The van der Waals surface area contributed by atoms with Crippen molar-refractivity contribution < 1.29 is 0 Å². The molecule has 0 aliphatic carbocycles. The molecule has 0 amide bonds. The minimum Gasteiger partial charge on any atom is -0.345 e. The average molecular weight is 297 g/mol. The molecule has 0 saturated carbocycles. The van der Waals surface area contributed by atoms with Gasteiger partial charge in [0.15, 0.2) is 0 Å². The predicted molar refractivity (Wildman–Crippen MR) is 84.0 cm³/mol. The monoisotopic (exact) mass is 297 g/mol. The zero-order chi connectivity index (χ0) is 14.8. The lowest BCUT2D eigenvalue weighted by Gasteiger charge is -2.26. The molecule has 2 aromatic heterocycles. The van der Waals surface area contributed by atoms with E-state index in [2.05, 4.69) is 30.5 Å². The number of imidazole rings is 1. The van der Waals surface area contributed by atoms with Crippen molar-refractivity contribution >= 4 is 11.0 Å². The molecule has 2 N–H and O–H groups in total. The third-order valence-electron chi connectivity index (χ3n) is 4.10. The van der Waals surface area contributed by atoms with Gasteiger partial charge >= 0.3 is 0 Å². The first kappa shape index (κ1) is 13.4. The van der Waals surface area contributed by atoms with E-state index in [1.807, 2.05) is 29.1 Å². The number of nitrogens with zero attached hydrogens (tertiary/aromatic N) is 5.